The molecular formula is C17H21NO. The molecule has 0 aliphatic rings. The lowest BCUT2D eigenvalue weighted by molar-refractivity contribution is 0.0939. The highest BCUT2D eigenvalue weighted by atomic mass is 16.1. The lowest BCUT2D eigenvalue weighted by Gasteiger charge is -2.17. The molecule has 2 rings (SSSR count). The topological polar surface area (TPSA) is 20.3 Å². The highest BCUT2D eigenvalue weighted by Gasteiger charge is 2.13. The van der Waals surface area contributed by atoms with E-state index in [2.05, 4.69) is 31.7 Å². The molecule has 0 saturated carbocycles. The molecular weight excluding hydrogens is 234 g/mol. The molecule has 0 fully saturated rings. The van der Waals surface area contributed by atoms with Gasteiger partial charge in [-0.1, -0.05) is 50.2 Å². The number of aryl methyl sites for hydroxylation is 1. The minimum absolute atomic E-state index is 0.208. The van der Waals surface area contributed by atoms with Gasteiger partial charge in [0, 0.05) is 5.56 Å². The molecule has 2 aromatic carbocycles. The van der Waals surface area contributed by atoms with Crippen LogP contribution in [0.25, 0.3) is 10.8 Å². The van der Waals surface area contributed by atoms with Crippen LogP contribution in [0, 0.1) is 6.92 Å². The molecule has 2 heteroatoms. The molecule has 19 heavy (non-hydrogen) atoms. The van der Waals surface area contributed by atoms with Gasteiger partial charge in [-0.25, -0.2) is 0 Å². The van der Waals surface area contributed by atoms with Crippen LogP contribution in [0.4, 0.5) is 0 Å². The number of carbonyl (C=O) groups is 1. The summed E-state index contributed by atoms with van der Waals surface area (Å²) in [6.07, 6.45) is 0. The fourth-order valence-electron chi connectivity index (χ4n) is 2.43. The molecule has 100 valence electrons. The lowest BCUT2D eigenvalue weighted by Crippen LogP contribution is -2.29. The summed E-state index contributed by atoms with van der Waals surface area (Å²) in [6.45, 7) is 8.58. The molecule has 0 spiro atoms. The molecule has 2 nitrogen and oxygen atoms in total. The Morgan fingerprint density at radius 1 is 1.00 bits per heavy atom. The minimum atomic E-state index is 0.208. The maximum absolute atomic E-state index is 12.5. The van der Waals surface area contributed by atoms with Crippen molar-refractivity contribution in [2.24, 2.45) is 0 Å². The summed E-state index contributed by atoms with van der Waals surface area (Å²) >= 11 is 0. The smallest absolute Gasteiger partial charge is 0.177 e. The molecule has 0 bridgehead atoms. The quantitative estimate of drug-likeness (QED) is 0.760. The average molecular weight is 255 g/mol. The Labute approximate surface area is 115 Å². The number of likely N-dealkylation sites (N-methyl/N-ethyl adjacent to an activating group) is 1. The Morgan fingerprint density at radius 2 is 1.63 bits per heavy atom. The number of ketones is 1. The van der Waals surface area contributed by atoms with Gasteiger partial charge in [0.25, 0.3) is 0 Å². The van der Waals surface area contributed by atoms with E-state index < -0.39 is 0 Å². The van der Waals surface area contributed by atoms with Gasteiger partial charge in [-0.05, 0) is 36.3 Å². The SMILES string of the molecule is CCN(CC)CC(=O)c1ccc(C)c2ccccc12. The van der Waals surface area contributed by atoms with Crippen LogP contribution in [0.3, 0.4) is 0 Å². The first-order valence-corrected chi connectivity index (χ1v) is 6.91. The molecule has 0 aliphatic carbocycles. The van der Waals surface area contributed by atoms with Gasteiger partial charge in [0.1, 0.15) is 0 Å². The van der Waals surface area contributed by atoms with E-state index in [9.17, 15) is 4.79 Å². The first kappa shape index (κ1) is 13.8. The maximum Gasteiger partial charge on any atom is 0.177 e. The zero-order valence-corrected chi connectivity index (χ0v) is 11.9. The van der Waals surface area contributed by atoms with Crippen LogP contribution in [0.15, 0.2) is 36.4 Å². The van der Waals surface area contributed by atoms with Crippen molar-refractivity contribution in [3.63, 3.8) is 0 Å². The Balaban J connectivity index is 2.40. The highest BCUT2D eigenvalue weighted by Crippen LogP contribution is 2.22. The van der Waals surface area contributed by atoms with E-state index >= 15 is 0 Å². The van der Waals surface area contributed by atoms with Crippen molar-refractivity contribution >= 4 is 16.6 Å². The van der Waals surface area contributed by atoms with Crippen molar-refractivity contribution in [3.8, 4) is 0 Å². The van der Waals surface area contributed by atoms with Crippen LogP contribution in [0.5, 0.6) is 0 Å². The Morgan fingerprint density at radius 3 is 2.26 bits per heavy atom. The number of hydrogen-bond donors (Lipinski definition) is 0. The van der Waals surface area contributed by atoms with Crippen LogP contribution < -0.4 is 0 Å². The minimum Gasteiger partial charge on any atom is -0.296 e. The molecule has 0 radical (unpaired) electrons. The van der Waals surface area contributed by atoms with Gasteiger partial charge in [-0.15, -0.1) is 0 Å². The first-order valence-electron chi connectivity index (χ1n) is 6.91. The summed E-state index contributed by atoms with van der Waals surface area (Å²) in [5.41, 5.74) is 2.06. The van der Waals surface area contributed by atoms with Gasteiger partial charge in [0.2, 0.25) is 0 Å². The van der Waals surface area contributed by atoms with E-state index in [4.69, 9.17) is 0 Å². The van der Waals surface area contributed by atoms with E-state index in [-0.39, 0.29) is 5.78 Å². The second-order valence-corrected chi connectivity index (χ2v) is 4.86. The van der Waals surface area contributed by atoms with E-state index in [0.29, 0.717) is 6.54 Å². The van der Waals surface area contributed by atoms with Gasteiger partial charge in [-0.2, -0.15) is 0 Å². The van der Waals surface area contributed by atoms with Crippen molar-refractivity contribution in [2.75, 3.05) is 19.6 Å². The summed E-state index contributed by atoms with van der Waals surface area (Å²) in [7, 11) is 0. The fraction of sp³-hybridized carbons (Fsp3) is 0.353. The second-order valence-electron chi connectivity index (χ2n) is 4.86. The predicted molar refractivity (Wildman–Crippen MR) is 80.8 cm³/mol. The lowest BCUT2D eigenvalue weighted by atomic mass is 9.97. The molecule has 0 N–H and O–H groups in total. The maximum atomic E-state index is 12.5. The molecule has 0 heterocycles. The number of carbonyl (C=O) groups excluding carboxylic acids is 1. The number of benzene rings is 2. The monoisotopic (exact) mass is 255 g/mol. The Bertz CT molecular complexity index is 585. The van der Waals surface area contributed by atoms with Crippen LogP contribution in [-0.4, -0.2) is 30.3 Å². The van der Waals surface area contributed by atoms with Crippen LogP contribution in [0.1, 0.15) is 29.8 Å². The number of hydrogen-bond acceptors (Lipinski definition) is 2. The second kappa shape index (κ2) is 5.98. The van der Waals surface area contributed by atoms with Gasteiger partial charge < -0.3 is 0 Å². The van der Waals surface area contributed by atoms with Crippen LogP contribution >= 0.6 is 0 Å². The summed E-state index contributed by atoms with van der Waals surface area (Å²) < 4.78 is 0. The number of nitrogens with zero attached hydrogens (tertiary/aromatic N) is 1. The van der Waals surface area contributed by atoms with Crippen LogP contribution in [0.2, 0.25) is 0 Å². The molecule has 0 amide bonds. The van der Waals surface area contributed by atoms with Crippen molar-refractivity contribution in [1.29, 1.82) is 0 Å². The predicted octanol–water partition coefficient (Wildman–Crippen LogP) is 3.67. The molecule has 0 atom stereocenters. The number of fused-ring (bicyclic) bond motifs is 1. The van der Waals surface area contributed by atoms with Gasteiger partial charge in [0.05, 0.1) is 6.54 Å². The summed E-state index contributed by atoms with van der Waals surface area (Å²) in [5.74, 6) is 0.208. The van der Waals surface area contributed by atoms with E-state index in [1.54, 1.807) is 0 Å². The Hall–Kier alpha value is -1.67. The fourth-order valence-corrected chi connectivity index (χ4v) is 2.43. The van der Waals surface area contributed by atoms with Gasteiger partial charge >= 0.3 is 0 Å². The number of Topliss-reactive ketones (excluding diaryl/α,β-unsaturated/α-hetero) is 1. The first-order chi connectivity index (χ1) is 9.17. The van der Waals surface area contributed by atoms with Crippen molar-refractivity contribution < 1.29 is 4.79 Å². The molecule has 0 aromatic heterocycles. The molecule has 2 aromatic rings. The zero-order chi connectivity index (χ0) is 13.8. The van der Waals surface area contributed by atoms with E-state index in [0.717, 1.165) is 24.0 Å². The van der Waals surface area contributed by atoms with E-state index in [1.165, 1.54) is 10.9 Å². The van der Waals surface area contributed by atoms with E-state index in [1.807, 2.05) is 30.3 Å². The molecule has 0 unspecified atom stereocenters. The normalized spacial score (nSPS) is 11.2. The van der Waals surface area contributed by atoms with Crippen LogP contribution in [-0.2, 0) is 0 Å². The largest absolute Gasteiger partial charge is 0.296 e. The van der Waals surface area contributed by atoms with Crippen molar-refractivity contribution in [1.82, 2.24) is 4.90 Å². The Kier molecular flexibility index (Phi) is 4.33. The highest BCUT2D eigenvalue weighted by molar-refractivity contribution is 6.09. The third-order valence-corrected chi connectivity index (χ3v) is 3.70. The number of rotatable bonds is 5. The van der Waals surface area contributed by atoms with Gasteiger partial charge in [-0.3, -0.25) is 9.69 Å². The van der Waals surface area contributed by atoms with Crippen molar-refractivity contribution in [2.45, 2.75) is 20.8 Å². The molecule has 0 saturated heterocycles. The standard InChI is InChI=1S/C17H21NO/c1-4-18(5-2)12-17(19)16-11-10-13(3)14-8-6-7-9-15(14)16/h6-11H,4-5,12H2,1-3H3. The average Bonchev–Trinajstić information content (AvgIpc) is 2.45. The summed E-state index contributed by atoms with van der Waals surface area (Å²) in [6, 6.07) is 12.1. The molecule has 0 aliphatic heterocycles. The summed E-state index contributed by atoms with van der Waals surface area (Å²) in [4.78, 5) is 14.6. The van der Waals surface area contributed by atoms with Gasteiger partial charge in [0.15, 0.2) is 5.78 Å². The van der Waals surface area contributed by atoms with Crippen molar-refractivity contribution in [3.05, 3.63) is 47.5 Å². The zero-order valence-electron chi connectivity index (χ0n) is 11.9. The summed E-state index contributed by atoms with van der Waals surface area (Å²) in [5, 5.41) is 2.24. The third-order valence-electron chi connectivity index (χ3n) is 3.70. The third kappa shape index (κ3) is 2.85.